The average molecular weight is 269 g/mol. The van der Waals surface area contributed by atoms with E-state index in [9.17, 15) is 0 Å². The van der Waals surface area contributed by atoms with Crippen LogP contribution in [-0.2, 0) is 4.74 Å². The summed E-state index contributed by atoms with van der Waals surface area (Å²) in [7, 11) is 0. The lowest BCUT2D eigenvalue weighted by Gasteiger charge is -2.45. The average Bonchev–Trinajstić information content (AvgIpc) is 2.43. The molecule has 0 amide bonds. The molecule has 1 aromatic rings. The van der Waals surface area contributed by atoms with Crippen molar-refractivity contribution in [3.05, 3.63) is 47.3 Å². The number of fused-ring (bicyclic) bond motifs is 1. The highest BCUT2D eigenvalue weighted by Crippen LogP contribution is 2.45. The predicted octanol–water partition coefficient (Wildman–Crippen LogP) is 4.39. The van der Waals surface area contributed by atoms with Crippen LogP contribution in [0.3, 0.4) is 0 Å². The van der Waals surface area contributed by atoms with Crippen molar-refractivity contribution in [1.82, 2.24) is 4.98 Å². The SMILES string of the molecule is CC1=C(C)C2OC(C)(C)CCC2C(c2ccncc2)=C1. The standard InChI is InChI=1S/C18H23NO/c1-12-11-16(14-6-9-19-10-7-14)15-5-8-18(3,4)20-17(15)13(12)2/h6-7,9-11,15,17H,5,8H2,1-4H3. The van der Waals surface area contributed by atoms with Gasteiger partial charge in [-0.15, -0.1) is 0 Å². The lowest BCUT2D eigenvalue weighted by molar-refractivity contribution is -0.107. The van der Waals surface area contributed by atoms with Gasteiger partial charge in [0.25, 0.3) is 0 Å². The van der Waals surface area contributed by atoms with E-state index >= 15 is 0 Å². The predicted molar refractivity (Wildman–Crippen MR) is 82.3 cm³/mol. The van der Waals surface area contributed by atoms with E-state index in [4.69, 9.17) is 4.74 Å². The minimum atomic E-state index is -0.0105. The summed E-state index contributed by atoms with van der Waals surface area (Å²) in [6.45, 7) is 8.82. The van der Waals surface area contributed by atoms with Gasteiger partial charge in [0.15, 0.2) is 0 Å². The smallest absolute Gasteiger partial charge is 0.0863 e. The second kappa shape index (κ2) is 4.85. The van der Waals surface area contributed by atoms with Gasteiger partial charge in [-0.25, -0.2) is 0 Å². The minimum absolute atomic E-state index is 0.0105. The molecule has 2 heteroatoms. The highest BCUT2D eigenvalue weighted by atomic mass is 16.5. The molecule has 106 valence electrons. The van der Waals surface area contributed by atoms with Crippen molar-refractivity contribution in [1.29, 1.82) is 0 Å². The van der Waals surface area contributed by atoms with Gasteiger partial charge in [0, 0.05) is 18.3 Å². The Labute approximate surface area is 121 Å². The van der Waals surface area contributed by atoms with E-state index in [1.54, 1.807) is 0 Å². The molecule has 0 bridgehead atoms. The monoisotopic (exact) mass is 269 g/mol. The zero-order valence-corrected chi connectivity index (χ0v) is 12.8. The second-order valence-electron chi connectivity index (χ2n) is 6.64. The number of hydrogen-bond acceptors (Lipinski definition) is 2. The van der Waals surface area contributed by atoms with Gasteiger partial charge in [-0.05, 0) is 75.0 Å². The quantitative estimate of drug-likeness (QED) is 0.754. The second-order valence-corrected chi connectivity index (χ2v) is 6.64. The number of nitrogens with zero attached hydrogens (tertiary/aromatic N) is 1. The Balaban J connectivity index is 2.02. The Morgan fingerprint density at radius 3 is 2.60 bits per heavy atom. The third kappa shape index (κ3) is 2.33. The number of ether oxygens (including phenoxy) is 1. The molecule has 0 spiro atoms. The number of allylic oxidation sites excluding steroid dienone is 2. The van der Waals surface area contributed by atoms with Crippen molar-refractivity contribution < 1.29 is 4.74 Å². The van der Waals surface area contributed by atoms with E-state index < -0.39 is 0 Å². The maximum Gasteiger partial charge on any atom is 0.0863 e. The summed E-state index contributed by atoms with van der Waals surface area (Å²) in [6, 6.07) is 4.22. The van der Waals surface area contributed by atoms with Crippen LogP contribution >= 0.6 is 0 Å². The third-order valence-corrected chi connectivity index (χ3v) is 4.70. The molecule has 1 aliphatic heterocycles. The topological polar surface area (TPSA) is 22.1 Å². The van der Waals surface area contributed by atoms with Gasteiger partial charge in [0.1, 0.15) is 0 Å². The van der Waals surface area contributed by atoms with Crippen molar-refractivity contribution in [2.24, 2.45) is 5.92 Å². The van der Waals surface area contributed by atoms with Crippen molar-refractivity contribution in [2.45, 2.75) is 52.2 Å². The molecule has 2 atom stereocenters. The maximum atomic E-state index is 6.40. The van der Waals surface area contributed by atoms with E-state index in [2.05, 4.69) is 50.9 Å². The molecule has 0 radical (unpaired) electrons. The number of rotatable bonds is 1. The largest absolute Gasteiger partial charge is 0.367 e. The summed E-state index contributed by atoms with van der Waals surface area (Å²) in [5, 5.41) is 0. The van der Waals surface area contributed by atoms with Gasteiger partial charge in [-0.3, -0.25) is 4.98 Å². The first-order chi connectivity index (χ1) is 9.48. The summed E-state index contributed by atoms with van der Waals surface area (Å²) >= 11 is 0. The number of hydrogen-bond donors (Lipinski definition) is 0. The summed E-state index contributed by atoms with van der Waals surface area (Å²) in [4.78, 5) is 4.13. The maximum absolute atomic E-state index is 6.40. The normalized spacial score (nSPS) is 28.9. The highest BCUT2D eigenvalue weighted by molar-refractivity contribution is 5.72. The minimum Gasteiger partial charge on any atom is -0.367 e. The Bertz CT molecular complexity index is 568. The molecule has 20 heavy (non-hydrogen) atoms. The molecular weight excluding hydrogens is 246 g/mol. The highest BCUT2D eigenvalue weighted by Gasteiger charge is 2.40. The van der Waals surface area contributed by atoms with Crippen LogP contribution in [0, 0.1) is 5.92 Å². The van der Waals surface area contributed by atoms with Crippen molar-refractivity contribution in [2.75, 3.05) is 0 Å². The van der Waals surface area contributed by atoms with E-state index in [0.29, 0.717) is 5.92 Å². The van der Waals surface area contributed by atoms with Crippen LogP contribution in [0.15, 0.2) is 41.7 Å². The first-order valence-electron chi connectivity index (χ1n) is 7.45. The fourth-order valence-electron chi connectivity index (χ4n) is 3.37. The molecule has 2 aliphatic rings. The third-order valence-electron chi connectivity index (χ3n) is 4.70. The molecule has 1 aromatic heterocycles. The van der Waals surface area contributed by atoms with Gasteiger partial charge >= 0.3 is 0 Å². The summed E-state index contributed by atoms with van der Waals surface area (Å²) < 4.78 is 6.40. The summed E-state index contributed by atoms with van der Waals surface area (Å²) in [5.41, 5.74) is 5.42. The fourth-order valence-corrected chi connectivity index (χ4v) is 3.37. The molecule has 1 saturated heterocycles. The van der Waals surface area contributed by atoms with E-state index in [1.807, 2.05) is 12.4 Å². The van der Waals surface area contributed by atoms with Crippen LogP contribution in [0.5, 0.6) is 0 Å². The van der Waals surface area contributed by atoms with Crippen LogP contribution in [0.25, 0.3) is 5.57 Å². The van der Waals surface area contributed by atoms with Gasteiger partial charge in [0.05, 0.1) is 11.7 Å². The molecule has 1 aliphatic carbocycles. The molecular formula is C18H23NO. The molecule has 2 nitrogen and oxygen atoms in total. The van der Waals surface area contributed by atoms with Crippen LogP contribution in [0.4, 0.5) is 0 Å². The Hall–Kier alpha value is -1.41. The lowest BCUT2D eigenvalue weighted by Crippen LogP contribution is -2.43. The molecule has 1 fully saturated rings. The number of aromatic nitrogens is 1. The van der Waals surface area contributed by atoms with Crippen molar-refractivity contribution >= 4 is 5.57 Å². The first kappa shape index (κ1) is 13.6. The summed E-state index contributed by atoms with van der Waals surface area (Å²) in [5.74, 6) is 0.481. The zero-order chi connectivity index (χ0) is 14.3. The van der Waals surface area contributed by atoms with Crippen LogP contribution in [0.2, 0.25) is 0 Å². The van der Waals surface area contributed by atoms with Gasteiger partial charge in [-0.2, -0.15) is 0 Å². The Kier molecular flexibility index (Phi) is 3.29. The summed E-state index contributed by atoms with van der Waals surface area (Å²) in [6.07, 6.45) is 8.62. The van der Waals surface area contributed by atoms with E-state index in [-0.39, 0.29) is 11.7 Å². The Morgan fingerprint density at radius 1 is 1.20 bits per heavy atom. The fraction of sp³-hybridized carbons (Fsp3) is 0.500. The van der Waals surface area contributed by atoms with E-state index in [1.165, 1.54) is 28.7 Å². The molecule has 0 aromatic carbocycles. The molecule has 2 unspecified atom stereocenters. The molecule has 0 N–H and O–H groups in total. The zero-order valence-electron chi connectivity index (χ0n) is 12.8. The van der Waals surface area contributed by atoms with Gasteiger partial charge in [-0.1, -0.05) is 6.08 Å². The van der Waals surface area contributed by atoms with Crippen molar-refractivity contribution in [3.63, 3.8) is 0 Å². The van der Waals surface area contributed by atoms with E-state index in [0.717, 1.165) is 6.42 Å². The van der Waals surface area contributed by atoms with Crippen LogP contribution in [0.1, 0.15) is 46.1 Å². The van der Waals surface area contributed by atoms with Crippen LogP contribution in [-0.4, -0.2) is 16.7 Å². The lowest BCUT2D eigenvalue weighted by atomic mass is 9.73. The van der Waals surface area contributed by atoms with Crippen LogP contribution < -0.4 is 0 Å². The van der Waals surface area contributed by atoms with Crippen molar-refractivity contribution in [3.8, 4) is 0 Å². The Morgan fingerprint density at radius 2 is 1.90 bits per heavy atom. The molecule has 3 rings (SSSR count). The van der Waals surface area contributed by atoms with Gasteiger partial charge in [0.2, 0.25) is 0 Å². The molecule has 0 saturated carbocycles. The number of pyridine rings is 1. The first-order valence-corrected chi connectivity index (χ1v) is 7.45. The molecule has 2 heterocycles. The van der Waals surface area contributed by atoms with Gasteiger partial charge < -0.3 is 4.74 Å².